The van der Waals surface area contributed by atoms with Crippen LogP contribution in [0, 0.1) is 0 Å². The van der Waals surface area contributed by atoms with Crippen molar-refractivity contribution in [3.63, 3.8) is 0 Å². The topological polar surface area (TPSA) is 63.3 Å². The Morgan fingerprint density at radius 2 is 2.13 bits per heavy atom. The summed E-state index contributed by atoms with van der Waals surface area (Å²) in [5.74, 6) is 1.09. The quantitative estimate of drug-likeness (QED) is 0.764. The SMILES string of the molecule is Oc1cc(C2CCCC2)nc2ncnn12. The molecule has 0 spiro atoms. The van der Waals surface area contributed by atoms with Crippen LogP contribution in [0.4, 0.5) is 0 Å². The highest BCUT2D eigenvalue weighted by atomic mass is 16.3. The van der Waals surface area contributed by atoms with Crippen molar-refractivity contribution in [2.45, 2.75) is 31.6 Å². The second-order valence-corrected chi connectivity index (χ2v) is 3.99. The fourth-order valence-corrected chi connectivity index (χ4v) is 2.25. The van der Waals surface area contributed by atoms with Gasteiger partial charge in [0.2, 0.25) is 5.88 Å². The van der Waals surface area contributed by atoms with E-state index in [-0.39, 0.29) is 5.88 Å². The molecule has 78 valence electrons. The van der Waals surface area contributed by atoms with Crippen molar-refractivity contribution < 1.29 is 5.11 Å². The summed E-state index contributed by atoms with van der Waals surface area (Å²) in [6.45, 7) is 0. The van der Waals surface area contributed by atoms with E-state index in [9.17, 15) is 5.11 Å². The van der Waals surface area contributed by atoms with Gasteiger partial charge in [0.05, 0.1) is 5.69 Å². The Balaban J connectivity index is 2.11. The smallest absolute Gasteiger partial charge is 0.255 e. The first-order valence-corrected chi connectivity index (χ1v) is 5.24. The molecule has 0 atom stereocenters. The van der Waals surface area contributed by atoms with E-state index in [1.54, 1.807) is 6.07 Å². The van der Waals surface area contributed by atoms with Gasteiger partial charge < -0.3 is 5.11 Å². The highest BCUT2D eigenvalue weighted by molar-refractivity contribution is 5.33. The number of rotatable bonds is 1. The Hall–Kier alpha value is -1.65. The van der Waals surface area contributed by atoms with Gasteiger partial charge >= 0.3 is 0 Å². The van der Waals surface area contributed by atoms with Crippen LogP contribution in [0.3, 0.4) is 0 Å². The lowest BCUT2D eigenvalue weighted by atomic mass is 10.0. The highest BCUT2D eigenvalue weighted by Crippen LogP contribution is 2.34. The summed E-state index contributed by atoms with van der Waals surface area (Å²) in [4.78, 5) is 8.40. The molecule has 0 radical (unpaired) electrons. The molecule has 1 aliphatic carbocycles. The normalized spacial score (nSPS) is 17.6. The van der Waals surface area contributed by atoms with Crippen LogP contribution in [-0.4, -0.2) is 24.7 Å². The van der Waals surface area contributed by atoms with E-state index in [0.29, 0.717) is 11.7 Å². The molecule has 2 aromatic rings. The minimum Gasteiger partial charge on any atom is -0.493 e. The number of aromatic nitrogens is 4. The van der Waals surface area contributed by atoms with Gasteiger partial charge in [-0.3, -0.25) is 0 Å². The van der Waals surface area contributed by atoms with Gasteiger partial charge in [0.1, 0.15) is 6.33 Å². The Kier molecular flexibility index (Phi) is 1.83. The highest BCUT2D eigenvalue weighted by Gasteiger charge is 2.20. The first kappa shape index (κ1) is 8.64. The lowest BCUT2D eigenvalue weighted by molar-refractivity contribution is 0.432. The average molecular weight is 204 g/mol. The van der Waals surface area contributed by atoms with Crippen LogP contribution in [0.2, 0.25) is 0 Å². The number of aromatic hydroxyl groups is 1. The van der Waals surface area contributed by atoms with Crippen molar-refractivity contribution in [2.24, 2.45) is 0 Å². The summed E-state index contributed by atoms with van der Waals surface area (Å²) in [5, 5.41) is 13.6. The number of hydrogen-bond donors (Lipinski definition) is 1. The molecule has 15 heavy (non-hydrogen) atoms. The fraction of sp³-hybridized carbons (Fsp3) is 0.500. The maximum atomic E-state index is 9.72. The summed E-state index contributed by atoms with van der Waals surface area (Å²) >= 11 is 0. The van der Waals surface area contributed by atoms with E-state index < -0.39 is 0 Å². The lowest BCUT2D eigenvalue weighted by Gasteiger charge is -2.08. The average Bonchev–Trinajstić information content (AvgIpc) is 2.88. The third-order valence-electron chi connectivity index (χ3n) is 3.03. The van der Waals surface area contributed by atoms with Gasteiger partial charge in [-0.05, 0) is 12.8 Å². The molecule has 5 heteroatoms. The zero-order valence-electron chi connectivity index (χ0n) is 8.30. The zero-order chi connectivity index (χ0) is 10.3. The van der Waals surface area contributed by atoms with E-state index >= 15 is 0 Å². The summed E-state index contributed by atoms with van der Waals surface area (Å²) in [7, 11) is 0. The van der Waals surface area contributed by atoms with Gasteiger partial charge in [0.15, 0.2) is 0 Å². The lowest BCUT2D eigenvalue weighted by Crippen LogP contribution is -2.00. The first-order chi connectivity index (χ1) is 7.34. The second kappa shape index (κ2) is 3.18. The summed E-state index contributed by atoms with van der Waals surface area (Å²) in [6, 6.07) is 1.71. The van der Waals surface area contributed by atoms with Crippen molar-refractivity contribution in [3.8, 4) is 5.88 Å². The predicted octanol–water partition coefficient (Wildman–Crippen LogP) is 1.49. The first-order valence-electron chi connectivity index (χ1n) is 5.24. The van der Waals surface area contributed by atoms with Crippen molar-refractivity contribution >= 4 is 5.78 Å². The number of fused-ring (bicyclic) bond motifs is 1. The minimum absolute atomic E-state index is 0.124. The van der Waals surface area contributed by atoms with Gasteiger partial charge in [-0.25, -0.2) is 4.98 Å². The van der Waals surface area contributed by atoms with Crippen LogP contribution in [0.25, 0.3) is 5.78 Å². The molecular weight excluding hydrogens is 192 g/mol. The molecule has 2 aromatic heterocycles. The maximum Gasteiger partial charge on any atom is 0.255 e. The van der Waals surface area contributed by atoms with Crippen LogP contribution >= 0.6 is 0 Å². The predicted molar refractivity (Wildman–Crippen MR) is 53.7 cm³/mol. The molecule has 3 rings (SSSR count). The Morgan fingerprint density at radius 3 is 2.93 bits per heavy atom. The molecule has 1 fully saturated rings. The second-order valence-electron chi connectivity index (χ2n) is 3.99. The summed E-state index contributed by atoms with van der Waals surface area (Å²) in [6.07, 6.45) is 6.24. The fourth-order valence-electron chi connectivity index (χ4n) is 2.25. The van der Waals surface area contributed by atoms with E-state index in [1.807, 2.05) is 0 Å². The van der Waals surface area contributed by atoms with Crippen molar-refractivity contribution in [3.05, 3.63) is 18.1 Å². The molecule has 0 aliphatic heterocycles. The molecular formula is C10H12N4O. The monoisotopic (exact) mass is 204 g/mol. The third kappa shape index (κ3) is 1.35. The molecule has 2 heterocycles. The zero-order valence-corrected chi connectivity index (χ0v) is 8.30. The summed E-state index contributed by atoms with van der Waals surface area (Å²) < 4.78 is 1.35. The van der Waals surface area contributed by atoms with Gasteiger partial charge in [-0.2, -0.15) is 14.6 Å². The van der Waals surface area contributed by atoms with Gasteiger partial charge in [0.25, 0.3) is 5.78 Å². The van der Waals surface area contributed by atoms with Gasteiger partial charge in [-0.15, -0.1) is 0 Å². The van der Waals surface area contributed by atoms with E-state index in [0.717, 1.165) is 18.5 Å². The van der Waals surface area contributed by atoms with Crippen LogP contribution in [0.5, 0.6) is 5.88 Å². The number of hydrogen-bond acceptors (Lipinski definition) is 4. The Bertz CT molecular complexity index is 487. The Morgan fingerprint density at radius 1 is 1.33 bits per heavy atom. The largest absolute Gasteiger partial charge is 0.493 e. The van der Waals surface area contributed by atoms with Crippen LogP contribution < -0.4 is 0 Å². The van der Waals surface area contributed by atoms with Crippen molar-refractivity contribution in [1.29, 1.82) is 0 Å². The molecule has 0 aromatic carbocycles. The maximum absolute atomic E-state index is 9.72. The molecule has 5 nitrogen and oxygen atoms in total. The molecule has 1 saturated carbocycles. The van der Waals surface area contributed by atoms with Crippen molar-refractivity contribution in [2.75, 3.05) is 0 Å². The molecule has 1 N–H and O–H groups in total. The van der Waals surface area contributed by atoms with E-state index in [4.69, 9.17) is 0 Å². The Labute approximate surface area is 86.8 Å². The van der Waals surface area contributed by atoms with Crippen molar-refractivity contribution in [1.82, 2.24) is 19.6 Å². The molecule has 0 bridgehead atoms. The standard InChI is InChI=1S/C10H12N4O/c15-9-5-8(7-3-1-2-4-7)13-10-11-6-12-14(9)10/h5-7,15H,1-4H2. The molecule has 0 saturated heterocycles. The molecule has 1 aliphatic rings. The third-order valence-corrected chi connectivity index (χ3v) is 3.03. The van der Waals surface area contributed by atoms with Crippen LogP contribution in [0.15, 0.2) is 12.4 Å². The van der Waals surface area contributed by atoms with Crippen LogP contribution in [0.1, 0.15) is 37.3 Å². The molecule has 0 unspecified atom stereocenters. The van der Waals surface area contributed by atoms with E-state index in [2.05, 4.69) is 15.1 Å². The molecule has 0 amide bonds. The number of nitrogens with zero attached hydrogens (tertiary/aromatic N) is 4. The minimum atomic E-state index is 0.124. The van der Waals surface area contributed by atoms with Gasteiger partial charge in [-0.1, -0.05) is 12.8 Å². The summed E-state index contributed by atoms with van der Waals surface area (Å²) in [5.41, 5.74) is 0.950. The van der Waals surface area contributed by atoms with Gasteiger partial charge in [0, 0.05) is 12.0 Å². The van der Waals surface area contributed by atoms with Crippen LogP contribution in [-0.2, 0) is 0 Å². The van der Waals surface area contributed by atoms with E-state index in [1.165, 1.54) is 23.7 Å².